The van der Waals surface area contributed by atoms with E-state index in [1.165, 1.54) is 11.8 Å². The summed E-state index contributed by atoms with van der Waals surface area (Å²) in [6.07, 6.45) is 0. The van der Waals surface area contributed by atoms with Crippen molar-refractivity contribution in [2.45, 2.75) is 23.9 Å². The smallest absolute Gasteiger partial charge is 0.196 e. The fourth-order valence-corrected chi connectivity index (χ4v) is 4.03. The molecule has 1 aromatic rings. The summed E-state index contributed by atoms with van der Waals surface area (Å²) in [4.78, 5) is 12.0. The molecule has 0 saturated heterocycles. The minimum absolute atomic E-state index is 0.0869. The number of halogens is 2. The third-order valence-corrected chi connectivity index (χ3v) is 5.73. The zero-order valence-electron chi connectivity index (χ0n) is 9.74. The molecule has 92 valence electrons. The van der Waals surface area contributed by atoms with Crippen LogP contribution in [0.2, 0.25) is 0 Å². The van der Waals surface area contributed by atoms with Gasteiger partial charge in [0.2, 0.25) is 0 Å². The van der Waals surface area contributed by atoms with Crippen molar-refractivity contribution < 1.29 is 4.79 Å². The summed E-state index contributed by atoms with van der Waals surface area (Å²) in [5, 5.41) is 0.0869. The first kappa shape index (κ1) is 13.3. The molecule has 0 radical (unpaired) electrons. The molecular weight excluding hydrogens is 275 g/mol. The van der Waals surface area contributed by atoms with Crippen molar-refractivity contribution in [1.82, 2.24) is 0 Å². The van der Waals surface area contributed by atoms with E-state index in [-0.39, 0.29) is 16.4 Å². The van der Waals surface area contributed by atoms with Gasteiger partial charge >= 0.3 is 0 Å². The Morgan fingerprint density at radius 1 is 1.29 bits per heavy atom. The second-order valence-corrected chi connectivity index (χ2v) is 7.24. The van der Waals surface area contributed by atoms with Gasteiger partial charge in [-0.25, -0.2) is 0 Å². The molecule has 0 heterocycles. The molecule has 0 amide bonds. The lowest BCUT2D eigenvalue weighted by atomic mass is 10.1. The Hall–Kier alpha value is -0.180. The van der Waals surface area contributed by atoms with Crippen molar-refractivity contribution >= 4 is 40.1 Å². The minimum Gasteiger partial charge on any atom is -0.287 e. The van der Waals surface area contributed by atoms with Crippen LogP contribution >= 0.6 is 35.0 Å². The first-order valence-electron chi connectivity index (χ1n) is 5.46. The Bertz CT molecular complexity index is 414. The van der Waals surface area contributed by atoms with Gasteiger partial charge in [-0.05, 0) is 5.56 Å². The monoisotopic (exact) mass is 288 g/mol. The molecule has 0 aromatic heterocycles. The maximum Gasteiger partial charge on any atom is 0.196 e. The van der Waals surface area contributed by atoms with Crippen LogP contribution in [-0.4, -0.2) is 9.45 Å². The fourth-order valence-electron chi connectivity index (χ4n) is 1.91. The molecule has 1 atom stereocenters. The van der Waals surface area contributed by atoms with Crippen molar-refractivity contribution in [3.8, 4) is 0 Å². The van der Waals surface area contributed by atoms with Crippen molar-refractivity contribution in [2.24, 2.45) is 11.3 Å². The van der Waals surface area contributed by atoms with Crippen LogP contribution in [0.1, 0.15) is 19.4 Å². The molecule has 2 rings (SSSR count). The van der Waals surface area contributed by atoms with Gasteiger partial charge in [0.1, 0.15) is 4.33 Å². The molecule has 0 spiro atoms. The molecule has 1 unspecified atom stereocenters. The number of thioether (sulfide) groups is 1. The van der Waals surface area contributed by atoms with E-state index in [1.54, 1.807) is 0 Å². The summed E-state index contributed by atoms with van der Waals surface area (Å²) in [6, 6.07) is 9.91. The summed E-state index contributed by atoms with van der Waals surface area (Å²) in [5.41, 5.74) is 0.829. The van der Waals surface area contributed by atoms with Crippen molar-refractivity contribution in [1.29, 1.82) is 0 Å². The Kier molecular flexibility index (Phi) is 3.50. The maximum atomic E-state index is 12.0. The van der Waals surface area contributed by atoms with Crippen LogP contribution in [0, 0.1) is 11.3 Å². The number of hydrogen-bond acceptors (Lipinski definition) is 2. The van der Waals surface area contributed by atoms with E-state index in [0.29, 0.717) is 5.75 Å². The van der Waals surface area contributed by atoms with E-state index in [0.717, 1.165) is 5.56 Å². The molecule has 0 N–H and O–H groups in total. The zero-order valence-corrected chi connectivity index (χ0v) is 12.1. The van der Waals surface area contributed by atoms with Gasteiger partial charge in [-0.1, -0.05) is 55.9 Å². The van der Waals surface area contributed by atoms with Crippen molar-refractivity contribution in [3.63, 3.8) is 0 Å². The number of rotatable bonds is 3. The van der Waals surface area contributed by atoms with Gasteiger partial charge in [-0.15, -0.1) is 23.2 Å². The number of carbonyl (C=O) groups excluding carboxylic acids is 1. The highest BCUT2D eigenvalue weighted by molar-refractivity contribution is 8.13. The Morgan fingerprint density at radius 3 is 2.29 bits per heavy atom. The maximum absolute atomic E-state index is 12.0. The minimum atomic E-state index is -0.895. The summed E-state index contributed by atoms with van der Waals surface area (Å²) >= 11 is 13.5. The van der Waals surface area contributed by atoms with E-state index in [9.17, 15) is 4.79 Å². The summed E-state index contributed by atoms with van der Waals surface area (Å²) < 4.78 is -0.895. The molecule has 1 aromatic carbocycles. The normalized spacial score (nSPS) is 24.4. The molecule has 1 saturated carbocycles. The Morgan fingerprint density at radius 2 is 1.82 bits per heavy atom. The fraction of sp³-hybridized carbons (Fsp3) is 0.462. The largest absolute Gasteiger partial charge is 0.287 e. The third kappa shape index (κ3) is 2.35. The van der Waals surface area contributed by atoms with Gasteiger partial charge in [0, 0.05) is 11.2 Å². The third-order valence-electron chi connectivity index (χ3n) is 3.32. The van der Waals surface area contributed by atoms with Gasteiger partial charge in [-0.2, -0.15) is 0 Å². The van der Waals surface area contributed by atoms with E-state index < -0.39 is 4.33 Å². The standard InChI is InChI=1S/C13H14Cl2OS/c1-12(2)10(13(12,14)15)11(16)17-8-9-6-4-3-5-7-9/h3-7,10H,8H2,1-2H3. The van der Waals surface area contributed by atoms with E-state index in [1.807, 2.05) is 44.2 Å². The summed E-state index contributed by atoms with van der Waals surface area (Å²) in [5.74, 6) is 0.419. The lowest BCUT2D eigenvalue weighted by Gasteiger charge is -2.01. The quantitative estimate of drug-likeness (QED) is 0.773. The highest BCUT2D eigenvalue weighted by Crippen LogP contribution is 2.69. The van der Waals surface area contributed by atoms with Crippen LogP contribution in [0.15, 0.2) is 30.3 Å². The average molecular weight is 289 g/mol. The molecule has 1 aliphatic carbocycles. The number of alkyl halides is 2. The van der Waals surface area contributed by atoms with E-state index >= 15 is 0 Å². The van der Waals surface area contributed by atoms with Crippen molar-refractivity contribution in [3.05, 3.63) is 35.9 Å². The van der Waals surface area contributed by atoms with Crippen LogP contribution in [0.5, 0.6) is 0 Å². The van der Waals surface area contributed by atoms with Crippen LogP contribution < -0.4 is 0 Å². The van der Waals surface area contributed by atoms with E-state index in [2.05, 4.69) is 0 Å². The second kappa shape index (κ2) is 4.49. The first-order valence-corrected chi connectivity index (χ1v) is 7.20. The average Bonchev–Trinajstić information content (AvgIpc) is 2.68. The molecule has 0 bridgehead atoms. The van der Waals surface area contributed by atoms with Gasteiger partial charge < -0.3 is 0 Å². The van der Waals surface area contributed by atoms with E-state index in [4.69, 9.17) is 23.2 Å². The molecule has 17 heavy (non-hydrogen) atoms. The summed E-state index contributed by atoms with van der Waals surface area (Å²) in [6.45, 7) is 3.86. The first-order chi connectivity index (χ1) is 7.87. The highest BCUT2D eigenvalue weighted by atomic mass is 35.5. The molecule has 4 heteroatoms. The predicted octanol–water partition coefficient (Wildman–Crippen LogP) is 4.28. The SMILES string of the molecule is CC1(C)C(C(=O)SCc2ccccc2)C1(Cl)Cl. The van der Waals surface area contributed by atoms with Gasteiger partial charge in [0.05, 0.1) is 5.92 Å². The van der Waals surface area contributed by atoms with Crippen LogP contribution in [0.25, 0.3) is 0 Å². The number of benzene rings is 1. The van der Waals surface area contributed by atoms with Gasteiger partial charge in [0.25, 0.3) is 0 Å². The lowest BCUT2D eigenvalue weighted by molar-refractivity contribution is -0.112. The Labute approximate surface area is 116 Å². The zero-order chi connectivity index (χ0) is 12.7. The molecule has 1 nitrogen and oxygen atoms in total. The van der Waals surface area contributed by atoms with Crippen LogP contribution in [-0.2, 0) is 10.5 Å². The second-order valence-electron chi connectivity index (χ2n) is 4.87. The van der Waals surface area contributed by atoms with Crippen LogP contribution in [0.3, 0.4) is 0 Å². The van der Waals surface area contributed by atoms with Crippen molar-refractivity contribution in [2.75, 3.05) is 0 Å². The highest BCUT2D eigenvalue weighted by Gasteiger charge is 2.73. The van der Waals surface area contributed by atoms with Gasteiger partial charge in [-0.3, -0.25) is 4.79 Å². The van der Waals surface area contributed by atoms with Gasteiger partial charge in [0.15, 0.2) is 5.12 Å². The Balaban J connectivity index is 1.92. The summed E-state index contributed by atoms with van der Waals surface area (Å²) in [7, 11) is 0. The topological polar surface area (TPSA) is 17.1 Å². The predicted molar refractivity (Wildman–Crippen MR) is 74.5 cm³/mol. The van der Waals surface area contributed by atoms with Crippen LogP contribution in [0.4, 0.5) is 0 Å². The molecular formula is C13H14Cl2OS. The number of carbonyl (C=O) groups is 1. The lowest BCUT2D eigenvalue weighted by Crippen LogP contribution is -2.02. The number of hydrogen-bond donors (Lipinski definition) is 0. The molecule has 1 fully saturated rings. The molecule has 0 aliphatic heterocycles. The molecule has 1 aliphatic rings.